The zero-order chi connectivity index (χ0) is 21.5. The second-order valence-corrected chi connectivity index (χ2v) is 9.02. The number of carbonyl (C=O) groups is 3. The zero-order valence-corrected chi connectivity index (χ0v) is 18.4. The number of hydrogen-bond donors (Lipinski definition) is 3. The first-order valence-corrected chi connectivity index (χ1v) is 11.3. The molecule has 0 aliphatic carbocycles. The molecule has 0 spiro atoms. The molecule has 0 radical (unpaired) electrons. The van der Waals surface area contributed by atoms with Crippen molar-refractivity contribution in [3.05, 3.63) is 29.8 Å². The van der Waals surface area contributed by atoms with Crippen LogP contribution in [0.25, 0.3) is 0 Å². The first kappa shape index (κ1) is 22.2. The van der Waals surface area contributed by atoms with E-state index in [2.05, 4.69) is 26.2 Å². The Kier molecular flexibility index (Phi) is 7.82. The number of aliphatic imine (C=N–C) groups is 1. The van der Waals surface area contributed by atoms with Crippen molar-refractivity contribution >= 4 is 74.5 Å². The minimum absolute atomic E-state index is 0.0170. The van der Waals surface area contributed by atoms with Crippen LogP contribution in [-0.4, -0.2) is 50.7 Å². The molecular formula is C18H19N5O4S3. The summed E-state index contributed by atoms with van der Waals surface area (Å²) in [6.07, 6.45) is 0.692. The number of rotatable bonds is 6. The lowest BCUT2D eigenvalue weighted by Crippen LogP contribution is -2.29. The predicted molar refractivity (Wildman–Crippen MR) is 123 cm³/mol. The van der Waals surface area contributed by atoms with Crippen molar-refractivity contribution < 1.29 is 19.1 Å². The highest BCUT2D eigenvalue weighted by Crippen LogP contribution is 2.23. The molecule has 0 saturated carbocycles. The SMILES string of the molecule is CCOC(=O)c1ccc(NC(=O)CC2S/C(=N/NC3=NC(=S)SCC3)NC2=O)cc1. The second-order valence-electron chi connectivity index (χ2n) is 6.10. The fourth-order valence-corrected chi connectivity index (χ4v) is 4.44. The molecule has 3 N–H and O–H groups in total. The lowest BCUT2D eigenvalue weighted by atomic mass is 10.2. The number of carbonyl (C=O) groups excluding carboxylic acids is 3. The van der Waals surface area contributed by atoms with E-state index in [1.54, 1.807) is 31.2 Å². The number of amidine groups is 2. The number of anilines is 1. The Morgan fingerprint density at radius 3 is 2.83 bits per heavy atom. The minimum Gasteiger partial charge on any atom is -0.462 e. The molecule has 1 aromatic rings. The van der Waals surface area contributed by atoms with E-state index in [0.29, 0.717) is 39.6 Å². The highest BCUT2D eigenvalue weighted by molar-refractivity contribution is 8.23. The summed E-state index contributed by atoms with van der Waals surface area (Å²) in [5.41, 5.74) is 3.74. The summed E-state index contributed by atoms with van der Waals surface area (Å²) in [5.74, 6) is 0.450. The summed E-state index contributed by atoms with van der Waals surface area (Å²) < 4.78 is 5.47. The summed E-state index contributed by atoms with van der Waals surface area (Å²) in [6, 6.07) is 6.35. The van der Waals surface area contributed by atoms with Crippen molar-refractivity contribution in [2.24, 2.45) is 10.1 Å². The maximum Gasteiger partial charge on any atom is 0.338 e. The van der Waals surface area contributed by atoms with E-state index < -0.39 is 11.2 Å². The Morgan fingerprint density at radius 2 is 2.13 bits per heavy atom. The molecule has 2 heterocycles. The number of hydrogen-bond acceptors (Lipinski definition) is 9. The van der Waals surface area contributed by atoms with Crippen LogP contribution in [0.5, 0.6) is 0 Å². The molecule has 1 aromatic carbocycles. The molecule has 0 aromatic heterocycles. The van der Waals surface area contributed by atoms with E-state index in [4.69, 9.17) is 17.0 Å². The summed E-state index contributed by atoms with van der Waals surface area (Å²) >= 11 is 7.72. The number of nitrogens with zero attached hydrogens (tertiary/aromatic N) is 2. The number of benzene rings is 1. The van der Waals surface area contributed by atoms with Crippen LogP contribution in [0.15, 0.2) is 34.4 Å². The van der Waals surface area contributed by atoms with Crippen LogP contribution in [0.1, 0.15) is 30.1 Å². The Morgan fingerprint density at radius 1 is 1.37 bits per heavy atom. The third-order valence-electron chi connectivity index (χ3n) is 3.90. The number of esters is 1. The Bertz CT molecular complexity index is 917. The fourth-order valence-electron chi connectivity index (χ4n) is 2.51. The molecule has 2 aliphatic heterocycles. The Balaban J connectivity index is 1.50. The van der Waals surface area contributed by atoms with Gasteiger partial charge in [0.05, 0.1) is 12.2 Å². The van der Waals surface area contributed by atoms with Crippen LogP contribution < -0.4 is 16.1 Å². The molecule has 1 unspecified atom stereocenters. The molecule has 3 rings (SSSR count). The number of hydrazone groups is 1. The number of thiocarbonyl (C=S) groups is 1. The monoisotopic (exact) mass is 465 g/mol. The van der Waals surface area contributed by atoms with Crippen LogP contribution in [0.2, 0.25) is 0 Å². The maximum absolute atomic E-state index is 12.3. The van der Waals surface area contributed by atoms with E-state index in [9.17, 15) is 14.4 Å². The van der Waals surface area contributed by atoms with Gasteiger partial charge in [0.15, 0.2) is 9.49 Å². The number of thioether (sulfide) groups is 2. The first-order valence-electron chi connectivity index (χ1n) is 9.07. The molecule has 1 fully saturated rings. The van der Waals surface area contributed by atoms with Crippen molar-refractivity contribution in [1.82, 2.24) is 10.7 Å². The largest absolute Gasteiger partial charge is 0.462 e. The molecule has 2 aliphatic rings. The highest BCUT2D eigenvalue weighted by atomic mass is 32.2. The van der Waals surface area contributed by atoms with Gasteiger partial charge in [0.25, 0.3) is 0 Å². The average Bonchev–Trinajstić information content (AvgIpc) is 3.06. The topological polar surface area (TPSA) is 121 Å². The summed E-state index contributed by atoms with van der Waals surface area (Å²) in [4.78, 5) is 40.3. The molecular weight excluding hydrogens is 446 g/mol. The lowest BCUT2D eigenvalue weighted by Gasteiger charge is -2.10. The van der Waals surface area contributed by atoms with Crippen molar-refractivity contribution in [3.8, 4) is 0 Å². The molecule has 12 heteroatoms. The van der Waals surface area contributed by atoms with Gasteiger partial charge in [0, 0.05) is 24.3 Å². The van der Waals surface area contributed by atoms with E-state index in [0.717, 1.165) is 5.75 Å². The van der Waals surface area contributed by atoms with Crippen molar-refractivity contribution in [1.29, 1.82) is 0 Å². The third-order valence-corrected chi connectivity index (χ3v) is 6.18. The van der Waals surface area contributed by atoms with Crippen molar-refractivity contribution in [2.45, 2.75) is 25.0 Å². The predicted octanol–water partition coefficient (Wildman–Crippen LogP) is 2.10. The van der Waals surface area contributed by atoms with Gasteiger partial charge in [-0.25, -0.2) is 9.79 Å². The van der Waals surface area contributed by atoms with Gasteiger partial charge in [-0.2, -0.15) is 0 Å². The molecule has 0 bridgehead atoms. The van der Waals surface area contributed by atoms with Crippen LogP contribution in [0.4, 0.5) is 5.69 Å². The van der Waals surface area contributed by atoms with Gasteiger partial charge in [0.1, 0.15) is 11.1 Å². The molecule has 1 saturated heterocycles. The number of amides is 2. The van der Waals surface area contributed by atoms with Gasteiger partial charge in [-0.1, -0.05) is 35.7 Å². The average molecular weight is 466 g/mol. The lowest BCUT2D eigenvalue weighted by molar-refractivity contribution is -0.122. The van der Waals surface area contributed by atoms with Gasteiger partial charge in [-0.15, -0.1) is 5.10 Å². The van der Waals surface area contributed by atoms with Crippen LogP contribution in [0, 0.1) is 0 Å². The Hall–Kier alpha value is -2.44. The number of nitrogens with one attached hydrogen (secondary N) is 3. The molecule has 158 valence electrons. The first-order chi connectivity index (χ1) is 14.4. The molecule has 2 amide bonds. The fraction of sp³-hybridized carbons (Fsp3) is 0.333. The third kappa shape index (κ3) is 6.28. The van der Waals surface area contributed by atoms with Gasteiger partial charge in [-0.05, 0) is 31.2 Å². The van der Waals surface area contributed by atoms with Gasteiger partial charge < -0.3 is 15.4 Å². The molecule has 30 heavy (non-hydrogen) atoms. The quantitative estimate of drug-likeness (QED) is 0.332. The normalized spacial score (nSPS) is 19.8. The van der Waals surface area contributed by atoms with Crippen LogP contribution in [0.3, 0.4) is 0 Å². The van der Waals surface area contributed by atoms with E-state index in [1.165, 1.54) is 23.5 Å². The second kappa shape index (κ2) is 10.5. The van der Waals surface area contributed by atoms with E-state index in [1.807, 2.05) is 0 Å². The van der Waals surface area contributed by atoms with Gasteiger partial charge in [0.2, 0.25) is 11.8 Å². The van der Waals surface area contributed by atoms with Crippen molar-refractivity contribution in [3.63, 3.8) is 0 Å². The summed E-state index contributed by atoms with van der Waals surface area (Å²) in [6.45, 7) is 2.02. The van der Waals surface area contributed by atoms with Crippen molar-refractivity contribution in [2.75, 3.05) is 17.7 Å². The highest BCUT2D eigenvalue weighted by Gasteiger charge is 2.32. The standard InChI is InChI=1S/C18H19N5O4S3/c1-2-27-16(26)10-3-5-11(6-4-10)19-14(24)9-12-15(25)21-17(30-12)23-22-13-7-8-29-18(28)20-13/h3-6,12H,2,7-9H2,1H3,(H,19,24)(H,20,22,28)(H,21,23,25). The Labute approximate surface area is 186 Å². The van der Waals surface area contributed by atoms with Gasteiger partial charge >= 0.3 is 5.97 Å². The van der Waals surface area contributed by atoms with Gasteiger partial charge in [-0.3, -0.25) is 15.0 Å². The van der Waals surface area contributed by atoms with E-state index in [-0.39, 0.29) is 18.2 Å². The number of ether oxygens (including phenoxy) is 1. The van der Waals surface area contributed by atoms with E-state index >= 15 is 0 Å². The minimum atomic E-state index is -0.589. The summed E-state index contributed by atoms with van der Waals surface area (Å²) in [7, 11) is 0. The molecule has 9 nitrogen and oxygen atoms in total. The zero-order valence-electron chi connectivity index (χ0n) is 16.0. The summed E-state index contributed by atoms with van der Waals surface area (Å²) in [5, 5.41) is 9.28. The molecule has 1 atom stereocenters. The maximum atomic E-state index is 12.3. The van der Waals surface area contributed by atoms with Crippen LogP contribution >= 0.6 is 35.7 Å². The van der Waals surface area contributed by atoms with Crippen LogP contribution in [-0.2, 0) is 14.3 Å². The smallest absolute Gasteiger partial charge is 0.338 e.